The molecule has 17 heavy (non-hydrogen) atoms. The van der Waals surface area contributed by atoms with Crippen molar-refractivity contribution in [3.8, 4) is 0 Å². The molecule has 2 rings (SSSR count). The van der Waals surface area contributed by atoms with E-state index in [1.807, 2.05) is 0 Å². The first kappa shape index (κ1) is 12.2. The van der Waals surface area contributed by atoms with Gasteiger partial charge in [0.05, 0.1) is 13.1 Å². The molecule has 94 valence electrons. The van der Waals surface area contributed by atoms with Crippen LogP contribution in [-0.4, -0.2) is 67.0 Å². The molecule has 1 unspecified atom stereocenters. The standard InChI is InChI=1S/C11H18N4O2/c1-2-9(14-5-3-12-4-6-14)15-10(16)7-13-8-11(15)17/h2,9,12-13H,1,3-8H2. The van der Waals surface area contributed by atoms with Gasteiger partial charge in [-0.25, -0.2) is 0 Å². The van der Waals surface area contributed by atoms with Crippen LogP contribution in [0.5, 0.6) is 0 Å². The minimum Gasteiger partial charge on any atom is -0.314 e. The topological polar surface area (TPSA) is 64.7 Å². The predicted octanol–water partition coefficient (Wildman–Crippen LogP) is -1.64. The van der Waals surface area contributed by atoms with Gasteiger partial charge in [0.15, 0.2) is 0 Å². The Bertz CT molecular complexity index is 309. The monoisotopic (exact) mass is 238 g/mol. The molecule has 2 heterocycles. The molecule has 0 aromatic carbocycles. The number of carbonyl (C=O) groups is 2. The van der Waals surface area contributed by atoms with Gasteiger partial charge in [-0.05, 0) is 0 Å². The van der Waals surface area contributed by atoms with E-state index < -0.39 is 0 Å². The summed E-state index contributed by atoms with van der Waals surface area (Å²) in [6.07, 6.45) is 1.37. The average molecular weight is 238 g/mol. The Labute approximate surface area is 101 Å². The van der Waals surface area contributed by atoms with Gasteiger partial charge in [0.2, 0.25) is 11.8 Å². The maximum Gasteiger partial charge on any atom is 0.244 e. The number of rotatable bonds is 3. The Morgan fingerprint density at radius 1 is 1.12 bits per heavy atom. The molecule has 0 bridgehead atoms. The fourth-order valence-electron chi connectivity index (χ4n) is 2.25. The van der Waals surface area contributed by atoms with Gasteiger partial charge < -0.3 is 5.32 Å². The average Bonchev–Trinajstić information content (AvgIpc) is 2.35. The number of nitrogens with zero attached hydrogens (tertiary/aromatic N) is 2. The van der Waals surface area contributed by atoms with Crippen LogP contribution >= 0.6 is 0 Å². The smallest absolute Gasteiger partial charge is 0.244 e. The molecule has 2 fully saturated rings. The van der Waals surface area contributed by atoms with Crippen LogP contribution in [0.25, 0.3) is 0 Å². The highest BCUT2D eigenvalue weighted by molar-refractivity contribution is 5.99. The molecule has 2 aliphatic heterocycles. The molecule has 0 aliphatic carbocycles. The Balaban J connectivity index is 2.12. The van der Waals surface area contributed by atoms with Gasteiger partial charge in [-0.1, -0.05) is 12.7 Å². The number of hydrogen-bond donors (Lipinski definition) is 2. The summed E-state index contributed by atoms with van der Waals surface area (Å²) < 4.78 is 0. The van der Waals surface area contributed by atoms with E-state index in [-0.39, 0.29) is 31.1 Å². The minimum atomic E-state index is -0.306. The lowest BCUT2D eigenvalue weighted by atomic mass is 10.2. The first-order valence-electron chi connectivity index (χ1n) is 5.87. The summed E-state index contributed by atoms with van der Waals surface area (Å²) in [7, 11) is 0. The van der Waals surface area contributed by atoms with E-state index in [9.17, 15) is 9.59 Å². The zero-order chi connectivity index (χ0) is 12.3. The van der Waals surface area contributed by atoms with E-state index in [1.165, 1.54) is 4.90 Å². The fourth-order valence-corrected chi connectivity index (χ4v) is 2.25. The molecule has 0 radical (unpaired) electrons. The van der Waals surface area contributed by atoms with Crippen molar-refractivity contribution in [2.45, 2.75) is 6.17 Å². The van der Waals surface area contributed by atoms with Crippen LogP contribution in [0.2, 0.25) is 0 Å². The Morgan fingerprint density at radius 3 is 2.24 bits per heavy atom. The van der Waals surface area contributed by atoms with Crippen LogP contribution < -0.4 is 10.6 Å². The quantitative estimate of drug-likeness (QED) is 0.456. The van der Waals surface area contributed by atoms with Gasteiger partial charge in [-0.3, -0.25) is 24.7 Å². The van der Waals surface area contributed by atoms with E-state index in [0.29, 0.717) is 0 Å². The number of nitrogens with one attached hydrogen (secondary N) is 2. The summed E-state index contributed by atoms with van der Waals surface area (Å²) in [4.78, 5) is 27.0. The lowest BCUT2D eigenvalue weighted by molar-refractivity contribution is -0.152. The molecule has 0 aromatic rings. The summed E-state index contributed by atoms with van der Waals surface area (Å²) in [5.41, 5.74) is 0. The van der Waals surface area contributed by atoms with Crippen LogP contribution in [0.4, 0.5) is 0 Å². The van der Waals surface area contributed by atoms with Crippen LogP contribution in [0.3, 0.4) is 0 Å². The Kier molecular flexibility index (Phi) is 3.88. The molecule has 1 atom stereocenters. The lowest BCUT2D eigenvalue weighted by Gasteiger charge is -2.40. The molecule has 2 amide bonds. The molecule has 2 saturated heterocycles. The van der Waals surface area contributed by atoms with E-state index in [1.54, 1.807) is 6.08 Å². The third-order valence-corrected chi connectivity index (χ3v) is 3.09. The largest absolute Gasteiger partial charge is 0.314 e. The Hall–Kier alpha value is -1.24. The lowest BCUT2D eigenvalue weighted by Crippen LogP contribution is -2.62. The highest BCUT2D eigenvalue weighted by atomic mass is 16.2. The molecular weight excluding hydrogens is 220 g/mol. The van der Waals surface area contributed by atoms with Crippen molar-refractivity contribution in [1.29, 1.82) is 0 Å². The third kappa shape index (κ3) is 2.54. The second-order valence-electron chi connectivity index (χ2n) is 4.20. The minimum absolute atomic E-state index is 0.176. The molecule has 6 nitrogen and oxygen atoms in total. The van der Waals surface area contributed by atoms with E-state index in [0.717, 1.165) is 26.2 Å². The molecule has 2 N–H and O–H groups in total. The van der Waals surface area contributed by atoms with Crippen molar-refractivity contribution < 1.29 is 9.59 Å². The number of piperazine rings is 2. The van der Waals surface area contributed by atoms with E-state index in [4.69, 9.17) is 0 Å². The molecular formula is C11H18N4O2. The van der Waals surface area contributed by atoms with Gasteiger partial charge >= 0.3 is 0 Å². The van der Waals surface area contributed by atoms with Gasteiger partial charge in [0.1, 0.15) is 6.17 Å². The summed E-state index contributed by atoms with van der Waals surface area (Å²) in [5, 5.41) is 6.03. The predicted molar refractivity (Wildman–Crippen MR) is 63.2 cm³/mol. The summed E-state index contributed by atoms with van der Waals surface area (Å²) in [6.45, 7) is 7.59. The maximum atomic E-state index is 11.8. The summed E-state index contributed by atoms with van der Waals surface area (Å²) in [5.74, 6) is -0.352. The van der Waals surface area contributed by atoms with E-state index in [2.05, 4.69) is 22.1 Å². The van der Waals surface area contributed by atoms with Gasteiger partial charge in [-0.2, -0.15) is 0 Å². The van der Waals surface area contributed by atoms with Crippen LogP contribution in [-0.2, 0) is 9.59 Å². The van der Waals surface area contributed by atoms with Crippen LogP contribution in [0.1, 0.15) is 0 Å². The van der Waals surface area contributed by atoms with E-state index >= 15 is 0 Å². The van der Waals surface area contributed by atoms with Crippen LogP contribution in [0.15, 0.2) is 12.7 Å². The summed E-state index contributed by atoms with van der Waals surface area (Å²) >= 11 is 0. The van der Waals surface area contributed by atoms with Crippen molar-refractivity contribution in [2.75, 3.05) is 39.3 Å². The second-order valence-corrected chi connectivity index (χ2v) is 4.20. The first-order chi connectivity index (χ1) is 8.24. The SMILES string of the molecule is C=CC(N1CCNCC1)N1C(=O)CNCC1=O. The zero-order valence-corrected chi connectivity index (χ0v) is 9.82. The maximum absolute atomic E-state index is 11.8. The normalized spacial score (nSPS) is 24.8. The van der Waals surface area contributed by atoms with Crippen molar-refractivity contribution in [1.82, 2.24) is 20.4 Å². The fraction of sp³-hybridized carbons (Fsp3) is 0.636. The molecule has 0 aromatic heterocycles. The van der Waals surface area contributed by atoms with Crippen LogP contribution in [0, 0.1) is 0 Å². The summed E-state index contributed by atoms with van der Waals surface area (Å²) in [6, 6.07) is 0. The highest BCUT2D eigenvalue weighted by Crippen LogP contribution is 2.11. The van der Waals surface area contributed by atoms with Crippen molar-refractivity contribution in [3.05, 3.63) is 12.7 Å². The van der Waals surface area contributed by atoms with Crippen molar-refractivity contribution in [2.24, 2.45) is 0 Å². The van der Waals surface area contributed by atoms with Gasteiger partial charge in [-0.15, -0.1) is 0 Å². The second kappa shape index (κ2) is 5.39. The molecule has 2 aliphatic rings. The molecule has 0 saturated carbocycles. The number of imide groups is 1. The highest BCUT2D eigenvalue weighted by Gasteiger charge is 2.34. The number of hydrogen-bond acceptors (Lipinski definition) is 5. The van der Waals surface area contributed by atoms with Crippen molar-refractivity contribution in [3.63, 3.8) is 0 Å². The Morgan fingerprint density at radius 2 is 1.71 bits per heavy atom. The number of amides is 2. The van der Waals surface area contributed by atoms with Gasteiger partial charge in [0, 0.05) is 26.2 Å². The van der Waals surface area contributed by atoms with Gasteiger partial charge in [0.25, 0.3) is 0 Å². The molecule has 6 heteroatoms. The molecule has 0 spiro atoms. The first-order valence-corrected chi connectivity index (χ1v) is 5.87. The third-order valence-electron chi connectivity index (χ3n) is 3.09. The zero-order valence-electron chi connectivity index (χ0n) is 9.82. The van der Waals surface area contributed by atoms with Crippen molar-refractivity contribution >= 4 is 11.8 Å². The number of carbonyl (C=O) groups excluding carboxylic acids is 2.